The van der Waals surface area contributed by atoms with E-state index >= 15 is 0 Å². The quantitative estimate of drug-likeness (QED) is 0.525. The first kappa shape index (κ1) is 19.5. The molecule has 3 aromatic rings. The van der Waals surface area contributed by atoms with Crippen LogP contribution in [0, 0.1) is 25.2 Å². The molecule has 0 aliphatic rings. The summed E-state index contributed by atoms with van der Waals surface area (Å²) in [4.78, 5) is 25.2. The van der Waals surface area contributed by atoms with Crippen LogP contribution in [0.2, 0.25) is 0 Å². The third kappa shape index (κ3) is 4.04. The standard InChI is InChI=1S/C21H17N5O3/c1-13-6-5-8-16(10-13)26-21(29)17(11-22)14(2)19(25-26)20(28)24-23-12-15-7-3-4-9-18(15)27/h3-10,12,27H,1-2H3,(H,24,28)/b23-12+. The van der Waals surface area contributed by atoms with Crippen molar-refractivity contribution in [2.24, 2.45) is 5.10 Å². The summed E-state index contributed by atoms with van der Waals surface area (Å²) < 4.78 is 1.03. The average Bonchev–Trinajstić information content (AvgIpc) is 2.70. The van der Waals surface area contributed by atoms with E-state index < -0.39 is 11.5 Å². The zero-order valence-corrected chi connectivity index (χ0v) is 15.7. The molecule has 0 radical (unpaired) electrons. The van der Waals surface area contributed by atoms with Gasteiger partial charge in [-0.1, -0.05) is 24.3 Å². The van der Waals surface area contributed by atoms with Crippen molar-refractivity contribution >= 4 is 12.1 Å². The van der Waals surface area contributed by atoms with Gasteiger partial charge in [-0.2, -0.15) is 20.1 Å². The van der Waals surface area contributed by atoms with Crippen LogP contribution in [-0.4, -0.2) is 27.0 Å². The second-order valence-electron chi connectivity index (χ2n) is 6.27. The van der Waals surface area contributed by atoms with E-state index in [1.807, 2.05) is 19.1 Å². The highest BCUT2D eigenvalue weighted by Gasteiger charge is 2.20. The molecule has 0 bridgehead atoms. The van der Waals surface area contributed by atoms with Gasteiger partial charge in [-0.05, 0) is 43.7 Å². The molecular weight excluding hydrogens is 370 g/mol. The van der Waals surface area contributed by atoms with Crippen molar-refractivity contribution in [3.63, 3.8) is 0 Å². The van der Waals surface area contributed by atoms with E-state index in [0.717, 1.165) is 10.2 Å². The molecule has 0 unspecified atom stereocenters. The molecule has 1 heterocycles. The Kier molecular flexibility index (Phi) is 5.51. The Balaban J connectivity index is 1.99. The van der Waals surface area contributed by atoms with Gasteiger partial charge < -0.3 is 5.11 Å². The van der Waals surface area contributed by atoms with Gasteiger partial charge in [0.05, 0.1) is 11.9 Å². The molecule has 2 aromatic carbocycles. The first-order valence-electron chi connectivity index (χ1n) is 8.65. The summed E-state index contributed by atoms with van der Waals surface area (Å²) in [5, 5.41) is 27.1. The zero-order chi connectivity index (χ0) is 21.0. The fourth-order valence-corrected chi connectivity index (χ4v) is 2.70. The van der Waals surface area contributed by atoms with Gasteiger partial charge in [-0.3, -0.25) is 9.59 Å². The highest BCUT2D eigenvalue weighted by molar-refractivity contribution is 5.95. The third-order valence-corrected chi connectivity index (χ3v) is 4.22. The smallest absolute Gasteiger partial charge is 0.292 e. The fourth-order valence-electron chi connectivity index (χ4n) is 2.70. The number of nitrogens with one attached hydrogen (secondary N) is 1. The van der Waals surface area contributed by atoms with Gasteiger partial charge in [0, 0.05) is 11.1 Å². The normalized spacial score (nSPS) is 10.7. The number of phenolic OH excluding ortho intramolecular Hbond substituents is 1. The number of hydrazone groups is 1. The van der Waals surface area contributed by atoms with Gasteiger partial charge >= 0.3 is 0 Å². The maximum absolute atomic E-state index is 12.6. The Bertz CT molecular complexity index is 1220. The largest absolute Gasteiger partial charge is 0.507 e. The number of rotatable bonds is 4. The maximum Gasteiger partial charge on any atom is 0.292 e. The van der Waals surface area contributed by atoms with Crippen LogP contribution in [0.4, 0.5) is 0 Å². The number of phenols is 1. The summed E-state index contributed by atoms with van der Waals surface area (Å²) in [6, 6.07) is 15.3. The van der Waals surface area contributed by atoms with Crippen LogP contribution in [0.15, 0.2) is 58.4 Å². The van der Waals surface area contributed by atoms with Crippen LogP contribution in [-0.2, 0) is 0 Å². The van der Waals surface area contributed by atoms with E-state index in [1.165, 1.54) is 19.2 Å². The topological polar surface area (TPSA) is 120 Å². The number of benzene rings is 2. The summed E-state index contributed by atoms with van der Waals surface area (Å²) in [7, 11) is 0. The van der Waals surface area contributed by atoms with Crippen molar-refractivity contribution in [1.29, 1.82) is 5.26 Å². The van der Waals surface area contributed by atoms with Crippen molar-refractivity contribution in [3.05, 3.63) is 86.8 Å². The number of hydrogen-bond donors (Lipinski definition) is 2. The van der Waals surface area contributed by atoms with Crippen LogP contribution < -0.4 is 11.0 Å². The SMILES string of the molecule is Cc1cccc(-n2nc(C(=O)N/N=C/c3ccccc3O)c(C)c(C#N)c2=O)c1. The molecule has 1 aromatic heterocycles. The van der Waals surface area contributed by atoms with E-state index in [1.54, 1.807) is 36.4 Å². The lowest BCUT2D eigenvalue weighted by molar-refractivity contribution is 0.0947. The van der Waals surface area contributed by atoms with Crippen molar-refractivity contribution in [1.82, 2.24) is 15.2 Å². The minimum absolute atomic E-state index is 0.0135. The second kappa shape index (κ2) is 8.19. The number of aromatic hydroxyl groups is 1. The van der Waals surface area contributed by atoms with E-state index in [2.05, 4.69) is 15.6 Å². The average molecular weight is 387 g/mol. The monoisotopic (exact) mass is 387 g/mol. The second-order valence-corrected chi connectivity index (χ2v) is 6.27. The number of aryl methyl sites for hydroxylation is 1. The summed E-state index contributed by atoms with van der Waals surface area (Å²) >= 11 is 0. The van der Waals surface area contributed by atoms with Crippen LogP contribution in [0.1, 0.15) is 32.7 Å². The Labute approximate surface area is 166 Å². The lowest BCUT2D eigenvalue weighted by atomic mass is 10.1. The summed E-state index contributed by atoms with van der Waals surface area (Å²) in [6.07, 6.45) is 1.28. The number of nitrogens with zero attached hydrogens (tertiary/aromatic N) is 4. The number of carbonyl (C=O) groups is 1. The van der Waals surface area contributed by atoms with Gasteiger partial charge in [0.15, 0.2) is 5.69 Å². The van der Waals surface area contributed by atoms with Gasteiger partial charge in [-0.15, -0.1) is 0 Å². The molecular formula is C21H17N5O3. The van der Waals surface area contributed by atoms with Crippen LogP contribution >= 0.6 is 0 Å². The first-order valence-corrected chi connectivity index (χ1v) is 8.65. The minimum Gasteiger partial charge on any atom is -0.507 e. The van der Waals surface area contributed by atoms with Crippen molar-refractivity contribution < 1.29 is 9.90 Å². The molecule has 8 nitrogen and oxygen atoms in total. The van der Waals surface area contributed by atoms with E-state index in [-0.39, 0.29) is 22.6 Å². The van der Waals surface area contributed by atoms with Crippen molar-refractivity contribution in [3.8, 4) is 17.5 Å². The predicted octanol–water partition coefficient (Wildman–Crippen LogP) is 2.19. The van der Waals surface area contributed by atoms with Gasteiger partial charge in [0.1, 0.15) is 17.4 Å². The molecule has 0 saturated heterocycles. The van der Waals surface area contributed by atoms with Gasteiger partial charge in [0.25, 0.3) is 11.5 Å². The van der Waals surface area contributed by atoms with Crippen molar-refractivity contribution in [2.45, 2.75) is 13.8 Å². The molecule has 144 valence electrons. The van der Waals surface area contributed by atoms with E-state index in [9.17, 15) is 20.0 Å². The van der Waals surface area contributed by atoms with Crippen LogP contribution in [0.25, 0.3) is 5.69 Å². The van der Waals surface area contributed by atoms with Crippen LogP contribution in [0.3, 0.4) is 0 Å². The molecule has 8 heteroatoms. The molecule has 1 amide bonds. The Morgan fingerprint density at radius 3 is 2.69 bits per heavy atom. The van der Waals surface area contributed by atoms with E-state index in [0.29, 0.717) is 11.3 Å². The third-order valence-electron chi connectivity index (χ3n) is 4.22. The number of hydrogen-bond acceptors (Lipinski definition) is 6. The molecule has 0 aliphatic heterocycles. The fraction of sp³-hybridized carbons (Fsp3) is 0.0952. The number of amides is 1. The predicted molar refractivity (Wildman–Crippen MR) is 107 cm³/mol. The molecule has 0 aliphatic carbocycles. The molecule has 0 fully saturated rings. The lowest BCUT2D eigenvalue weighted by Crippen LogP contribution is -2.31. The highest BCUT2D eigenvalue weighted by Crippen LogP contribution is 2.13. The Morgan fingerprint density at radius 2 is 2.00 bits per heavy atom. The summed E-state index contributed by atoms with van der Waals surface area (Å²) in [6.45, 7) is 3.34. The molecule has 3 rings (SSSR count). The number of carbonyl (C=O) groups excluding carboxylic acids is 1. The van der Waals surface area contributed by atoms with Crippen LogP contribution in [0.5, 0.6) is 5.75 Å². The molecule has 29 heavy (non-hydrogen) atoms. The molecule has 0 saturated carbocycles. The number of nitriles is 1. The maximum atomic E-state index is 12.6. The summed E-state index contributed by atoms with van der Waals surface area (Å²) in [5.74, 6) is -0.674. The number of para-hydroxylation sites is 1. The molecule has 2 N–H and O–H groups in total. The van der Waals surface area contributed by atoms with Gasteiger partial charge in [0.2, 0.25) is 0 Å². The van der Waals surface area contributed by atoms with Gasteiger partial charge in [-0.25, -0.2) is 5.43 Å². The minimum atomic E-state index is -0.688. The van der Waals surface area contributed by atoms with Crippen molar-refractivity contribution in [2.75, 3.05) is 0 Å². The molecule has 0 spiro atoms. The molecule has 0 atom stereocenters. The highest BCUT2D eigenvalue weighted by atomic mass is 16.3. The zero-order valence-electron chi connectivity index (χ0n) is 15.7. The summed E-state index contributed by atoms with van der Waals surface area (Å²) in [5.41, 5.74) is 3.35. The van der Waals surface area contributed by atoms with E-state index in [4.69, 9.17) is 0 Å². The Morgan fingerprint density at radius 1 is 1.24 bits per heavy atom. The first-order chi connectivity index (χ1) is 13.9. The Hall–Kier alpha value is -4.25. The lowest BCUT2D eigenvalue weighted by Gasteiger charge is -2.11. The number of aromatic nitrogens is 2.